The van der Waals surface area contributed by atoms with Crippen molar-refractivity contribution >= 4 is 21.8 Å². The van der Waals surface area contributed by atoms with E-state index in [9.17, 15) is 4.79 Å². The Hall–Kier alpha value is -3.29. The number of hydrogen-bond donors (Lipinski definition) is 0. The number of aromatic nitrogens is 2. The quantitative estimate of drug-likeness (QED) is 0.435. The third-order valence-electron chi connectivity index (χ3n) is 6.42. The van der Waals surface area contributed by atoms with Crippen molar-refractivity contribution in [1.29, 1.82) is 0 Å². The molecule has 0 aliphatic carbocycles. The molecule has 0 radical (unpaired) electrons. The van der Waals surface area contributed by atoms with Gasteiger partial charge in [-0.15, -0.1) is 0 Å². The van der Waals surface area contributed by atoms with Crippen LogP contribution in [0.15, 0.2) is 59.5 Å². The second kappa shape index (κ2) is 9.29. The summed E-state index contributed by atoms with van der Waals surface area (Å²) in [6.07, 6.45) is 1.89. The molecule has 0 unspecified atom stereocenters. The summed E-state index contributed by atoms with van der Waals surface area (Å²) in [5.41, 5.74) is 2.93. The van der Waals surface area contributed by atoms with Gasteiger partial charge in [-0.3, -0.25) is 9.69 Å². The Labute approximate surface area is 192 Å². The van der Waals surface area contributed by atoms with Crippen molar-refractivity contribution in [2.45, 2.75) is 13.1 Å². The number of rotatable bonds is 7. The summed E-state index contributed by atoms with van der Waals surface area (Å²) in [6, 6.07) is 15.8. The van der Waals surface area contributed by atoms with Crippen LogP contribution in [0.2, 0.25) is 0 Å². The molecule has 0 N–H and O–H groups in total. The third kappa shape index (κ3) is 4.10. The van der Waals surface area contributed by atoms with Crippen LogP contribution in [0.25, 0.3) is 21.8 Å². The number of para-hydroxylation sites is 1. The molecule has 5 rings (SSSR count). The van der Waals surface area contributed by atoms with Gasteiger partial charge in [0.05, 0.1) is 50.4 Å². The van der Waals surface area contributed by atoms with Gasteiger partial charge in [0.2, 0.25) is 0 Å². The lowest BCUT2D eigenvalue weighted by Gasteiger charge is -2.27. The van der Waals surface area contributed by atoms with Gasteiger partial charge < -0.3 is 23.3 Å². The molecule has 7 nitrogen and oxygen atoms in total. The monoisotopic (exact) mass is 447 g/mol. The van der Waals surface area contributed by atoms with Crippen LogP contribution < -0.4 is 15.0 Å². The highest BCUT2D eigenvalue weighted by Gasteiger charge is 2.19. The van der Waals surface area contributed by atoms with E-state index in [0.29, 0.717) is 6.54 Å². The highest BCUT2D eigenvalue weighted by molar-refractivity contribution is 6.09. The van der Waals surface area contributed by atoms with Crippen molar-refractivity contribution in [3.63, 3.8) is 0 Å². The molecule has 33 heavy (non-hydrogen) atoms. The zero-order valence-electron chi connectivity index (χ0n) is 19.1. The Balaban J connectivity index is 1.60. The Morgan fingerprint density at radius 3 is 2.58 bits per heavy atom. The van der Waals surface area contributed by atoms with Crippen LogP contribution in [0.1, 0.15) is 5.56 Å². The summed E-state index contributed by atoms with van der Waals surface area (Å²) in [7, 11) is 3.33. The van der Waals surface area contributed by atoms with Gasteiger partial charge in [-0.25, -0.2) is 0 Å². The first-order chi connectivity index (χ1) is 16.2. The maximum absolute atomic E-state index is 13.7. The fraction of sp³-hybridized carbons (Fsp3) is 0.346. The van der Waals surface area contributed by atoms with Gasteiger partial charge in [0.15, 0.2) is 0 Å². The van der Waals surface area contributed by atoms with Crippen molar-refractivity contribution in [3.05, 3.63) is 70.6 Å². The molecule has 2 aromatic carbocycles. The minimum absolute atomic E-state index is 0.00121. The molecule has 0 atom stereocenters. The molecule has 1 fully saturated rings. The molecule has 0 bridgehead atoms. The van der Waals surface area contributed by atoms with E-state index < -0.39 is 0 Å². The van der Waals surface area contributed by atoms with Crippen LogP contribution in [0.5, 0.6) is 11.5 Å². The SMILES string of the molecule is COc1cccc(Cn2ccc3c(c2=O)c2cccc(OC)c2n3CCN2CCOCC2)c1. The maximum atomic E-state index is 13.7. The van der Waals surface area contributed by atoms with Gasteiger partial charge in [0.1, 0.15) is 11.5 Å². The van der Waals surface area contributed by atoms with E-state index in [1.165, 1.54) is 0 Å². The lowest BCUT2D eigenvalue weighted by molar-refractivity contribution is 0.0366. The smallest absolute Gasteiger partial charge is 0.260 e. The molecule has 1 saturated heterocycles. The van der Waals surface area contributed by atoms with E-state index in [-0.39, 0.29) is 5.56 Å². The lowest BCUT2D eigenvalue weighted by Crippen LogP contribution is -2.38. The van der Waals surface area contributed by atoms with Crippen LogP contribution in [-0.4, -0.2) is 61.1 Å². The van der Waals surface area contributed by atoms with Crippen molar-refractivity contribution in [1.82, 2.24) is 14.0 Å². The minimum atomic E-state index is -0.00121. The first kappa shape index (κ1) is 21.6. The van der Waals surface area contributed by atoms with Gasteiger partial charge >= 0.3 is 0 Å². The lowest BCUT2D eigenvalue weighted by atomic mass is 10.1. The van der Waals surface area contributed by atoms with E-state index in [1.54, 1.807) is 18.8 Å². The summed E-state index contributed by atoms with van der Waals surface area (Å²) < 4.78 is 20.5. The normalized spacial score (nSPS) is 14.7. The summed E-state index contributed by atoms with van der Waals surface area (Å²) in [5, 5.41) is 1.66. The number of methoxy groups -OCH3 is 2. The number of morpholine rings is 1. The molecule has 1 aliphatic rings. The fourth-order valence-corrected chi connectivity index (χ4v) is 4.72. The summed E-state index contributed by atoms with van der Waals surface area (Å²) in [6.45, 7) is 5.56. The van der Waals surface area contributed by atoms with Crippen molar-refractivity contribution < 1.29 is 14.2 Å². The molecule has 4 aromatic rings. The number of hydrogen-bond acceptors (Lipinski definition) is 5. The summed E-state index contributed by atoms with van der Waals surface area (Å²) >= 11 is 0. The predicted molar refractivity (Wildman–Crippen MR) is 130 cm³/mol. The zero-order valence-corrected chi connectivity index (χ0v) is 19.1. The summed E-state index contributed by atoms with van der Waals surface area (Å²) in [5.74, 6) is 1.57. The molecular weight excluding hydrogens is 418 g/mol. The van der Waals surface area contributed by atoms with Gasteiger partial charge in [-0.2, -0.15) is 0 Å². The Morgan fingerprint density at radius 1 is 0.970 bits per heavy atom. The van der Waals surface area contributed by atoms with Gasteiger partial charge in [0.25, 0.3) is 5.56 Å². The number of ether oxygens (including phenoxy) is 3. The molecule has 0 amide bonds. The Kier molecular flexibility index (Phi) is 6.07. The van der Waals surface area contributed by atoms with E-state index in [0.717, 1.165) is 78.3 Å². The third-order valence-corrected chi connectivity index (χ3v) is 6.42. The van der Waals surface area contributed by atoms with Crippen LogP contribution in [0, 0.1) is 0 Å². The zero-order chi connectivity index (χ0) is 22.8. The van der Waals surface area contributed by atoms with Crippen LogP contribution in [-0.2, 0) is 17.8 Å². The van der Waals surface area contributed by atoms with Crippen molar-refractivity contribution in [2.75, 3.05) is 47.1 Å². The first-order valence-corrected chi connectivity index (χ1v) is 11.3. The number of nitrogens with zero attached hydrogens (tertiary/aromatic N) is 3. The molecule has 172 valence electrons. The Bertz CT molecular complexity index is 1330. The standard InChI is InChI=1S/C26H29N3O4/c1-31-20-6-3-5-19(17-20)18-28-10-9-22-24(26(28)30)21-7-4-8-23(32-2)25(21)29(22)12-11-27-13-15-33-16-14-27/h3-10,17H,11-16,18H2,1-2H3. The summed E-state index contributed by atoms with van der Waals surface area (Å²) in [4.78, 5) is 16.1. The second-order valence-electron chi connectivity index (χ2n) is 8.32. The van der Waals surface area contributed by atoms with Crippen molar-refractivity contribution in [3.8, 4) is 11.5 Å². The number of pyridine rings is 1. The maximum Gasteiger partial charge on any atom is 0.260 e. The molecule has 0 saturated carbocycles. The van der Waals surface area contributed by atoms with Gasteiger partial charge in [-0.05, 0) is 29.8 Å². The molecule has 7 heteroatoms. The predicted octanol–water partition coefficient (Wildman–Crippen LogP) is 3.35. The van der Waals surface area contributed by atoms with E-state index in [2.05, 4.69) is 15.5 Å². The van der Waals surface area contributed by atoms with Crippen LogP contribution >= 0.6 is 0 Å². The molecular formula is C26H29N3O4. The minimum Gasteiger partial charge on any atom is -0.497 e. The van der Waals surface area contributed by atoms with Gasteiger partial charge in [0, 0.05) is 37.8 Å². The van der Waals surface area contributed by atoms with Gasteiger partial charge in [-0.1, -0.05) is 24.3 Å². The topological polar surface area (TPSA) is 57.9 Å². The highest BCUT2D eigenvalue weighted by Crippen LogP contribution is 2.33. The van der Waals surface area contributed by atoms with E-state index >= 15 is 0 Å². The molecule has 0 spiro atoms. The first-order valence-electron chi connectivity index (χ1n) is 11.3. The van der Waals surface area contributed by atoms with Crippen LogP contribution in [0.3, 0.4) is 0 Å². The second-order valence-corrected chi connectivity index (χ2v) is 8.32. The largest absolute Gasteiger partial charge is 0.497 e. The average molecular weight is 448 g/mol. The van der Waals surface area contributed by atoms with Crippen LogP contribution in [0.4, 0.5) is 0 Å². The van der Waals surface area contributed by atoms with E-state index in [4.69, 9.17) is 14.2 Å². The van der Waals surface area contributed by atoms with Crippen molar-refractivity contribution in [2.24, 2.45) is 0 Å². The molecule has 2 aromatic heterocycles. The van der Waals surface area contributed by atoms with E-state index in [1.807, 2.05) is 48.7 Å². The highest BCUT2D eigenvalue weighted by atomic mass is 16.5. The number of fused-ring (bicyclic) bond motifs is 3. The fourth-order valence-electron chi connectivity index (χ4n) is 4.72. The average Bonchev–Trinajstić information content (AvgIpc) is 3.19. The molecule has 1 aliphatic heterocycles. The Morgan fingerprint density at radius 2 is 1.79 bits per heavy atom. The molecule has 3 heterocycles. The number of benzene rings is 2.